The molecule has 1 aliphatic rings. The van der Waals surface area contributed by atoms with Gasteiger partial charge in [0, 0.05) is 39.3 Å². The number of ether oxygens (including phenoxy) is 1. The van der Waals surface area contributed by atoms with Gasteiger partial charge < -0.3 is 14.7 Å². The van der Waals surface area contributed by atoms with Crippen LogP contribution in [0.5, 0.6) is 0 Å². The Morgan fingerprint density at radius 3 is 2.53 bits per heavy atom. The Kier molecular flexibility index (Phi) is 5.15. The molecule has 0 saturated carbocycles. The summed E-state index contributed by atoms with van der Waals surface area (Å²) < 4.78 is 5.13. The van der Waals surface area contributed by atoms with Gasteiger partial charge in [-0.15, -0.1) is 0 Å². The second kappa shape index (κ2) is 6.65. The van der Waals surface area contributed by atoms with Crippen LogP contribution < -0.4 is 4.90 Å². The van der Waals surface area contributed by atoms with E-state index in [-0.39, 0.29) is 6.61 Å². The minimum absolute atomic E-state index is 0.0440. The Bertz CT molecular complexity index is 401. The molecule has 1 aromatic rings. The number of rotatable bonds is 5. The van der Waals surface area contributed by atoms with Crippen LogP contribution in [0.25, 0.3) is 0 Å². The average Bonchev–Trinajstić information content (AvgIpc) is 2.82. The van der Waals surface area contributed by atoms with Crippen molar-refractivity contribution >= 4 is 16.5 Å². The Labute approximate surface area is 118 Å². The van der Waals surface area contributed by atoms with Crippen molar-refractivity contribution in [2.75, 3.05) is 38.2 Å². The molecule has 2 heterocycles. The lowest BCUT2D eigenvalue weighted by Gasteiger charge is -2.36. The molecule has 6 heteroatoms. The molecule has 5 nitrogen and oxygen atoms in total. The van der Waals surface area contributed by atoms with E-state index in [1.54, 1.807) is 18.4 Å². The van der Waals surface area contributed by atoms with E-state index in [4.69, 9.17) is 4.74 Å². The molecule has 0 radical (unpaired) electrons. The maximum atomic E-state index is 9.36. The van der Waals surface area contributed by atoms with E-state index in [2.05, 4.69) is 28.6 Å². The van der Waals surface area contributed by atoms with Gasteiger partial charge in [-0.05, 0) is 13.8 Å². The lowest BCUT2D eigenvalue weighted by Crippen LogP contribution is -2.48. The SMILES string of the molecule is COCc1nc(N2CCN(C(C)C)CC2)sc1CO. The van der Waals surface area contributed by atoms with Crippen LogP contribution >= 0.6 is 11.3 Å². The molecule has 1 aliphatic heterocycles. The summed E-state index contributed by atoms with van der Waals surface area (Å²) in [6.45, 7) is 9.14. The van der Waals surface area contributed by atoms with Crippen molar-refractivity contribution in [3.05, 3.63) is 10.6 Å². The van der Waals surface area contributed by atoms with Crippen molar-refractivity contribution in [1.82, 2.24) is 9.88 Å². The van der Waals surface area contributed by atoms with Crippen LogP contribution in [-0.2, 0) is 18.0 Å². The monoisotopic (exact) mass is 285 g/mol. The number of piperazine rings is 1. The predicted molar refractivity (Wildman–Crippen MR) is 77.7 cm³/mol. The Balaban J connectivity index is 2.03. The summed E-state index contributed by atoms with van der Waals surface area (Å²) in [4.78, 5) is 10.3. The van der Waals surface area contributed by atoms with Gasteiger partial charge >= 0.3 is 0 Å². The van der Waals surface area contributed by atoms with Gasteiger partial charge in [-0.25, -0.2) is 4.98 Å². The highest BCUT2D eigenvalue weighted by Crippen LogP contribution is 2.28. The summed E-state index contributed by atoms with van der Waals surface area (Å²) in [5.74, 6) is 0. The van der Waals surface area contributed by atoms with Gasteiger partial charge in [-0.1, -0.05) is 11.3 Å². The van der Waals surface area contributed by atoms with E-state index in [1.807, 2.05) is 0 Å². The fourth-order valence-corrected chi connectivity index (χ4v) is 3.28. The quantitative estimate of drug-likeness (QED) is 0.884. The van der Waals surface area contributed by atoms with Crippen molar-refractivity contribution in [3.8, 4) is 0 Å². The Hall–Kier alpha value is -0.690. The standard InChI is InChI=1S/C13H23N3O2S/c1-10(2)15-4-6-16(7-5-15)13-14-11(9-18-3)12(8-17)19-13/h10,17H,4-9H2,1-3H3. The Morgan fingerprint density at radius 2 is 2.00 bits per heavy atom. The second-order valence-electron chi connectivity index (χ2n) is 5.07. The number of aliphatic hydroxyl groups is 1. The lowest BCUT2D eigenvalue weighted by atomic mass is 10.2. The third-order valence-electron chi connectivity index (χ3n) is 3.51. The number of aliphatic hydroxyl groups excluding tert-OH is 1. The molecule has 2 rings (SSSR count). The van der Waals surface area contributed by atoms with E-state index in [9.17, 15) is 5.11 Å². The van der Waals surface area contributed by atoms with Gasteiger partial charge in [0.05, 0.1) is 23.8 Å². The highest BCUT2D eigenvalue weighted by atomic mass is 32.1. The first kappa shape index (κ1) is 14.7. The van der Waals surface area contributed by atoms with Crippen LogP contribution in [0.3, 0.4) is 0 Å². The molecule has 0 amide bonds. The van der Waals surface area contributed by atoms with Crippen molar-refractivity contribution in [1.29, 1.82) is 0 Å². The van der Waals surface area contributed by atoms with Crippen molar-refractivity contribution in [2.45, 2.75) is 33.1 Å². The number of hydrogen-bond donors (Lipinski definition) is 1. The molecule has 1 N–H and O–H groups in total. The molecule has 0 aromatic carbocycles. The van der Waals surface area contributed by atoms with E-state index in [0.29, 0.717) is 12.6 Å². The third-order valence-corrected chi connectivity index (χ3v) is 4.65. The number of thiazole rings is 1. The summed E-state index contributed by atoms with van der Waals surface area (Å²) in [5, 5.41) is 10.4. The molecular weight excluding hydrogens is 262 g/mol. The van der Waals surface area contributed by atoms with Gasteiger partial charge in [0.15, 0.2) is 5.13 Å². The van der Waals surface area contributed by atoms with Gasteiger partial charge in [-0.3, -0.25) is 4.90 Å². The fourth-order valence-electron chi connectivity index (χ4n) is 2.31. The highest BCUT2D eigenvalue weighted by molar-refractivity contribution is 7.15. The van der Waals surface area contributed by atoms with Crippen LogP contribution in [0.2, 0.25) is 0 Å². The molecule has 1 aromatic heterocycles. The molecule has 0 unspecified atom stereocenters. The highest BCUT2D eigenvalue weighted by Gasteiger charge is 2.22. The average molecular weight is 285 g/mol. The van der Waals surface area contributed by atoms with Gasteiger partial charge in [-0.2, -0.15) is 0 Å². The van der Waals surface area contributed by atoms with E-state index < -0.39 is 0 Å². The smallest absolute Gasteiger partial charge is 0.186 e. The summed E-state index contributed by atoms with van der Waals surface area (Å²) >= 11 is 1.58. The number of hydrogen-bond acceptors (Lipinski definition) is 6. The molecule has 0 bridgehead atoms. The summed E-state index contributed by atoms with van der Waals surface area (Å²) in [6, 6.07) is 0.607. The first-order chi connectivity index (χ1) is 9.15. The maximum Gasteiger partial charge on any atom is 0.186 e. The van der Waals surface area contributed by atoms with Crippen molar-refractivity contribution in [3.63, 3.8) is 0 Å². The van der Waals surface area contributed by atoms with Crippen LogP contribution in [0.1, 0.15) is 24.4 Å². The number of nitrogens with zero attached hydrogens (tertiary/aromatic N) is 3. The molecule has 19 heavy (non-hydrogen) atoms. The van der Waals surface area contributed by atoms with E-state index >= 15 is 0 Å². The van der Waals surface area contributed by atoms with Crippen LogP contribution in [0, 0.1) is 0 Å². The summed E-state index contributed by atoms with van der Waals surface area (Å²) in [6.07, 6.45) is 0. The molecule has 0 spiro atoms. The number of aromatic nitrogens is 1. The number of anilines is 1. The van der Waals surface area contributed by atoms with Crippen molar-refractivity contribution in [2.24, 2.45) is 0 Å². The molecular formula is C13H23N3O2S. The predicted octanol–water partition coefficient (Wildman–Crippen LogP) is 1.31. The van der Waals surface area contributed by atoms with Crippen LogP contribution in [0.15, 0.2) is 0 Å². The third kappa shape index (κ3) is 3.45. The zero-order chi connectivity index (χ0) is 13.8. The summed E-state index contributed by atoms with van der Waals surface area (Å²) in [5.41, 5.74) is 0.872. The molecule has 1 saturated heterocycles. The fraction of sp³-hybridized carbons (Fsp3) is 0.769. The zero-order valence-electron chi connectivity index (χ0n) is 11.9. The largest absolute Gasteiger partial charge is 0.391 e. The second-order valence-corrected chi connectivity index (χ2v) is 6.14. The maximum absolute atomic E-state index is 9.36. The Morgan fingerprint density at radius 1 is 1.32 bits per heavy atom. The summed E-state index contributed by atoms with van der Waals surface area (Å²) in [7, 11) is 1.65. The van der Waals surface area contributed by atoms with Crippen molar-refractivity contribution < 1.29 is 9.84 Å². The zero-order valence-corrected chi connectivity index (χ0v) is 12.7. The topological polar surface area (TPSA) is 48.8 Å². The first-order valence-corrected chi connectivity index (χ1v) is 7.54. The normalized spacial score (nSPS) is 17.4. The molecule has 108 valence electrons. The van der Waals surface area contributed by atoms with E-state index in [0.717, 1.165) is 41.9 Å². The lowest BCUT2D eigenvalue weighted by molar-refractivity contribution is 0.178. The molecule has 1 fully saturated rings. The minimum atomic E-state index is 0.0440. The van der Waals surface area contributed by atoms with Crippen LogP contribution in [0.4, 0.5) is 5.13 Å². The molecule has 0 atom stereocenters. The van der Waals surface area contributed by atoms with Crippen LogP contribution in [-0.4, -0.2) is 54.3 Å². The van der Waals surface area contributed by atoms with Gasteiger partial charge in [0.25, 0.3) is 0 Å². The molecule has 0 aliphatic carbocycles. The van der Waals surface area contributed by atoms with Gasteiger partial charge in [0.1, 0.15) is 0 Å². The minimum Gasteiger partial charge on any atom is -0.391 e. The first-order valence-electron chi connectivity index (χ1n) is 6.73. The van der Waals surface area contributed by atoms with E-state index in [1.165, 1.54) is 0 Å². The van der Waals surface area contributed by atoms with Gasteiger partial charge in [0.2, 0.25) is 0 Å². The number of methoxy groups -OCH3 is 1.